The van der Waals surface area contributed by atoms with Crippen LogP contribution in [0.2, 0.25) is 0 Å². The van der Waals surface area contributed by atoms with E-state index < -0.39 is 0 Å². The van der Waals surface area contributed by atoms with E-state index in [9.17, 15) is 0 Å². The molecule has 1 aliphatic carbocycles. The first-order valence-electron chi connectivity index (χ1n) is 11.6. The topological polar surface area (TPSA) is 62.2 Å². The molecule has 31 heavy (non-hydrogen) atoms. The summed E-state index contributed by atoms with van der Waals surface area (Å²) in [7, 11) is 4.40. The second-order valence-corrected chi connectivity index (χ2v) is 9.28. The highest BCUT2D eigenvalue weighted by atomic mass is 16.5. The number of rotatable bonds is 6. The summed E-state index contributed by atoms with van der Waals surface area (Å²) in [5, 5.41) is 5.83. The molecule has 0 unspecified atom stereocenters. The number of H-pyrrole nitrogens is 1. The van der Waals surface area contributed by atoms with E-state index >= 15 is 0 Å². The first kappa shape index (κ1) is 20.7. The molecule has 4 heterocycles. The summed E-state index contributed by atoms with van der Waals surface area (Å²) in [6.45, 7) is 5.63. The first-order valence-corrected chi connectivity index (χ1v) is 11.6. The van der Waals surface area contributed by atoms with Crippen molar-refractivity contribution in [1.29, 1.82) is 0 Å². The van der Waals surface area contributed by atoms with Crippen molar-refractivity contribution >= 4 is 11.0 Å². The lowest BCUT2D eigenvalue weighted by Crippen LogP contribution is -2.38. The second-order valence-electron chi connectivity index (χ2n) is 9.28. The van der Waals surface area contributed by atoms with Gasteiger partial charge in [0.1, 0.15) is 5.65 Å². The molecule has 1 saturated heterocycles. The zero-order valence-corrected chi connectivity index (χ0v) is 18.8. The van der Waals surface area contributed by atoms with E-state index in [1.54, 1.807) is 0 Å². The molecule has 0 atom stereocenters. The van der Waals surface area contributed by atoms with Crippen LogP contribution in [0.4, 0.5) is 0 Å². The number of nitrogens with one attached hydrogen (secondary N) is 1. The summed E-state index contributed by atoms with van der Waals surface area (Å²) in [5.41, 5.74) is 4.69. The van der Waals surface area contributed by atoms with Gasteiger partial charge in [-0.1, -0.05) is 0 Å². The summed E-state index contributed by atoms with van der Waals surface area (Å²) in [6, 6.07) is 3.08. The third kappa shape index (κ3) is 4.54. The molecular weight excluding hydrogens is 388 g/mol. The predicted molar refractivity (Wildman–Crippen MR) is 123 cm³/mol. The van der Waals surface area contributed by atoms with Crippen LogP contribution in [-0.4, -0.2) is 82.5 Å². The first-order chi connectivity index (χ1) is 15.2. The largest absolute Gasteiger partial charge is 0.379 e. The molecule has 0 aromatic carbocycles. The molecule has 0 spiro atoms. The maximum atomic E-state index is 5.44. The Labute approximate surface area is 184 Å². The van der Waals surface area contributed by atoms with Gasteiger partial charge in [-0.25, -0.2) is 4.98 Å². The molecule has 7 heteroatoms. The van der Waals surface area contributed by atoms with Gasteiger partial charge in [0, 0.05) is 60.8 Å². The van der Waals surface area contributed by atoms with E-state index in [2.05, 4.69) is 63.3 Å². The van der Waals surface area contributed by atoms with Gasteiger partial charge in [0.25, 0.3) is 0 Å². The number of hydrogen-bond acceptors (Lipinski definition) is 5. The van der Waals surface area contributed by atoms with Crippen molar-refractivity contribution in [3.05, 3.63) is 36.4 Å². The van der Waals surface area contributed by atoms with Crippen molar-refractivity contribution in [2.45, 2.75) is 44.2 Å². The molecule has 5 rings (SSSR count). The highest BCUT2D eigenvalue weighted by Gasteiger charge is 2.24. The lowest BCUT2D eigenvalue weighted by molar-refractivity contribution is 0.0360. The molecule has 7 nitrogen and oxygen atoms in total. The molecule has 0 amide bonds. The Bertz CT molecular complexity index is 995. The lowest BCUT2D eigenvalue weighted by atomic mass is 9.81. The summed E-state index contributed by atoms with van der Waals surface area (Å²) < 4.78 is 7.50. The molecule has 1 aliphatic heterocycles. The number of aromatic nitrogens is 4. The van der Waals surface area contributed by atoms with Crippen LogP contribution in [0.25, 0.3) is 22.2 Å². The van der Waals surface area contributed by atoms with E-state index in [1.165, 1.54) is 42.2 Å². The summed E-state index contributed by atoms with van der Waals surface area (Å²) in [6.07, 6.45) is 13.3. The molecule has 1 N–H and O–H groups in total. The Morgan fingerprint density at radius 3 is 2.68 bits per heavy atom. The fourth-order valence-electron chi connectivity index (χ4n) is 5.10. The predicted octanol–water partition coefficient (Wildman–Crippen LogP) is 3.35. The van der Waals surface area contributed by atoms with E-state index in [1.807, 2.05) is 6.20 Å². The van der Waals surface area contributed by atoms with Gasteiger partial charge < -0.3 is 14.6 Å². The van der Waals surface area contributed by atoms with Crippen LogP contribution in [0, 0.1) is 0 Å². The van der Waals surface area contributed by atoms with Gasteiger partial charge in [-0.15, -0.1) is 0 Å². The Morgan fingerprint density at radius 2 is 1.90 bits per heavy atom. The maximum absolute atomic E-state index is 5.44. The van der Waals surface area contributed by atoms with Crippen LogP contribution in [-0.2, 0) is 11.3 Å². The van der Waals surface area contributed by atoms with Crippen LogP contribution in [0.1, 0.15) is 37.2 Å². The minimum Gasteiger partial charge on any atom is -0.379 e. The van der Waals surface area contributed by atoms with E-state index in [0.29, 0.717) is 5.92 Å². The fourth-order valence-corrected chi connectivity index (χ4v) is 5.10. The highest BCUT2D eigenvalue weighted by Crippen LogP contribution is 2.36. The Balaban J connectivity index is 1.30. The fraction of sp³-hybridized carbons (Fsp3) is 0.583. The van der Waals surface area contributed by atoms with Crippen molar-refractivity contribution in [2.24, 2.45) is 0 Å². The van der Waals surface area contributed by atoms with Gasteiger partial charge >= 0.3 is 0 Å². The standard InChI is InChI=1S/C24H34N6O/c1-28(2)21-5-3-18(4-6-21)19-13-22-23(16-26-24(22)25-14-19)20-15-27-30(17-20)8-7-29-9-11-31-12-10-29/h13-18,21H,3-12H2,1-2H3,(H,25,26). The van der Waals surface area contributed by atoms with Crippen molar-refractivity contribution in [2.75, 3.05) is 46.9 Å². The maximum Gasteiger partial charge on any atom is 0.137 e. The number of morpholine rings is 1. The zero-order chi connectivity index (χ0) is 21.2. The average Bonchev–Trinajstić information content (AvgIpc) is 3.45. The molecular formula is C24H34N6O. The van der Waals surface area contributed by atoms with Crippen molar-refractivity contribution in [1.82, 2.24) is 29.5 Å². The van der Waals surface area contributed by atoms with Crippen LogP contribution >= 0.6 is 0 Å². The molecule has 0 radical (unpaired) electrons. The van der Waals surface area contributed by atoms with Crippen LogP contribution < -0.4 is 0 Å². The van der Waals surface area contributed by atoms with Gasteiger partial charge in [0.05, 0.1) is 26.0 Å². The molecule has 166 valence electrons. The number of fused-ring (bicyclic) bond motifs is 1. The summed E-state index contributed by atoms with van der Waals surface area (Å²) in [4.78, 5) is 12.9. The third-order valence-corrected chi connectivity index (χ3v) is 7.14. The Kier molecular flexibility index (Phi) is 6.07. The molecule has 2 aliphatic rings. The summed E-state index contributed by atoms with van der Waals surface area (Å²) >= 11 is 0. The van der Waals surface area contributed by atoms with Crippen molar-refractivity contribution in [3.63, 3.8) is 0 Å². The van der Waals surface area contributed by atoms with E-state index in [4.69, 9.17) is 9.72 Å². The number of pyridine rings is 1. The van der Waals surface area contributed by atoms with E-state index in [-0.39, 0.29) is 0 Å². The number of ether oxygens (including phenoxy) is 1. The lowest BCUT2D eigenvalue weighted by Gasteiger charge is -2.32. The van der Waals surface area contributed by atoms with Gasteiger partial charge in [0.15, 0.2) is 0 Å². The second kappa shape index (κ2) is 9.10. The van der Waals surface area contributed by atoms with Crippen LogP contribution in [0.5, 0.6) is 0 Å². The van der Waals surface area contributed by atoms with Gasteiger partial charge in [-0.2, -0.15) is 5.10 Å². The number of nitrogens with zero attached hydrogens (tertiary/aromatic N) is 5. The monoisotopic (exact) mass is 422 g/mol. The molecule has 0 bridgehead atoms. The molecule has 1 saturated carbocycles. The van der Waals surface area contributed by atoms with Crippen LogP contribution in [0.15, 0.2) is 30.9 Å². The van der Waals surface area contributed by atoms with Crippen LogP contribution in [0.3, 0.4) is 0 Å². The minimum atomic E-state index is 0.618. The smallest absolute Gasteiger partial charge is 0.137 e. The third-order valence-electron chi connectivity index (χ3n) is 7.14. The van der Waals surface area contributed by atoms with Crippen molar-refractivity contribution in [3.8, 4) is 11.1 Å². The number of hydrogen-bond donors (Lipinski definition) is 1. The Morgan fingerprint density at radius 1 is 1.10 bits per heavy atom. The quantitative estimate of drug-likeness (QED) is 0.660. The number of aromatic amines is 1. The van der Waals surface area contributed by atoms with E-state index in [0.717, 1.165) is 56.6 Å². The van der Waals surface area contributed by atoms with Crippen molar-refractivity contribution < 1.29 is 4.74 Å². The average molecular weight is 423 g/mol. The normalized spacial score (nSPS) is 23.1. The SMILES string of the molecule is CN(C)C1CCC(c2cnc3[nH]cc(-c4cnn(CCN5CCOCC5)c4)c3c2)CC1. The molecule has 3 aromatic heterocycles. The zero-order valence-electron chi connectivity index (χ0n) is 18.8. The van der Waals surface area contributed by atoms with Gasteiger partial charge in [0.2, 0.25) is 0 Å². The van der Waals surface area contributed by atoms with Gasteiger partial charge in [-0.3, -0.25) is 9.58 Å². The minimum absolute atomic E-state index is 0.618. The molecule has 2 fully saturated rings. The summed E-state index contributed by atoms with van der Waals surface area (Å²) in [5.74, 6) is 0.618. The van der Waals surface area contributed by atoms with Gasteiger partial charge in [-0.05, 0) is 57.3 Å². The Hall–Kier alpha value is -2.22. The highest BCUT2D eigenvalue weighted by molar-refractivity contribution is 5.93. The molecule has 3 aromatic rings.